The molecule has 3 aliphatic rings. The number of hydrogen-bond donors (Lipinski definition) is 5. The van der Waals surface area contributed by atoms with Crippen LogP contribution in [0.5, 0.6) is 0 Å². The lowest BCUT2D eigenvalue weighted by Gasteiger charge is -2.29. The molecule has 0 bridgehead atoms. The van der Waals surface area contributed by atoms with E-state index in [4.69, 9.17) is 0 Å². The van der Waals surface area contributed by atoms with Crippen molar-refractivity contribution >= 4 is 52.0 Å². The SMILES string of the molecule is CNc1c(C(=O)NC2CC2)cnc2cc(F)c(-c3ccc(C(=O)NCCCCNC(=O)CCc4cnc5c(c4)CN(C4CCC(=O)NC4=O)C5=O)c(F)c3)cc12. The van der Waals surface area contributed by atoms with Crippen molar-refractivity contribution in [3.63, 3.8) is 0 Å². The number of imide groups is 1. The number of aromatic nitrogens is 2. The van der Waals surface area contributed by atoms with Gasteiger partial charge in [0.2, 0.25) is 17.7 Å². The van der Waals surface area contributed by atoms with Crippen LogP contribution in [0.25, 0.3) is 22.0 Å². The fraction of sp³-hybridized carbons (Fsp3) is 0.350. The van der Waals surface area contributed by atoms with E-state index in [1.807, 2.05) is 6.07 Å². The van der Waals surface area contributed by atoms with E-state index in [9.17, 15) is 28.8 Å². The third-order valence-corrected chi connectivity index (χ3v) is 10.2. The number of fused-ring (bicyclic) bond motifs is 2. The summed E-state index contributed by atoms with van der Waals surface area (Å²) >= 11 is 0. The standard InChI is InChI=1S/C40H40F2N8O6/c1-43-36-27-16-26(30(42)17-31(27)46-19-28(36)38(54)48-24-6-7-24)22-5-8-25(29(41)15-22)37(53)45-13-3-2-12-44-33(51)10-4-21-14-23-20-50(40(56)35(23)47-18-21)32-9-11-34(52)49-39(32)55/h5,8,14-19,24,32H,2-4,6-7,9-13,20H2,1H3,(H,43,46)(H,44,51)(H,45,53)(H,48,54)(H,49,52,55). The molecule has 2 aromatic heterocycles. The van der Waals surface area contributed by atoms with Crippen LogP contribution >= 0.6 is 0 Å². The van der Waals surface area contributed by atoms with Crippen LogP contribution in [0.4, 0.5) is 14.5 Å². The van der Waals surface area contributed by atoms with E-state index in [1.54, 1.807) is 13.2 Å². The Balaban J connectivity index is 0.858. The lowest BCUT2D eigenvalue weighted by molar-refractivity contribution is -0.137. The van der Waals surface area contributed by atoms with Gasteiger partial charge >= 0.3 is 0 Å². The van der Waals surface area contributed by atoms with Gasteiger partial charge in [0, 0.05) is 80.5 Å². The number of anilines is 1. The van der Waals surface area contributed by atoms with Crippen molar-refractivity contribution in [3.8, 4) is 11.1 Å². The number of aryl methyl sites for hydroxylation is 1. The minimum atomic E-state index is -0.826. The highest BCUT2D eigenvalue weighted by molar-refractivity contribution is 6.08. The average Bonchev–Trinajstić information content (AvgIpc) is 3.94. The first-order valence-corrected chi connectivity index (χ1v) is 18.6. The molecule has 1 aliphatic carbocycles. The number of halogens is 2. The number of nitrogens with one attached hydrogen (secondary N) is 5. The Kier molecular flexibility index (Phi) is 11.0. The van der Waals surface area contributed by atoms with Crippen molar-refractivity contribution in [1.29, 1.82) is 0 Å². The summed E-state index contributed by atoms with van der Waals surface area (Å²) in [5.74, 6) is -3.77. The Hall–Kier alpha value is -6.32. The van der Waals surface area contributed by atoms with Gasteiger partial charge < -0.3 is 26.2 Å². The second-order valence-corrected chi connectivity index (χ2v) is 14.2. The number of hydrogen-bond acceptors (Lipinski definition) is 9. The summed E-state index contributed by atoms with van der Waals surface area (Å²) in [4.78, 5) is 84.7. The Labute approximate surface area is 320 Å². The number of pyridine rings is 2. The van der Waals surface area contributed by atoms with E-state index in [1.165, 1.54) is 35.4 Å². The second-order valence-electron chi connectivity index (χ2n) is 14.2. The molecule has 5 N–H and O–H groups in total. The molecule has 16 heteroatoms. The number of rotatable bonds is 14. The maximum absolute atomic E-state index is 15.3. The van der Waals surface area contributed by atoms with Crippen LogP contribution in [0.2, 0.25) is 0 Å². The number of benzene rings is 2. The molecular weight excluding hydrogens is 726 g/mol. The molecule has 290 valence electrons. The highest BCUT2D eigenvalue weighted by Gasteiger charge is 2.40. The number of amides is 6. The Morgan fingerprint density at radius 3 is 2.41 bits per heavy atom. The number of piperidine rings is 1. The molecular formula is C40H40F2N8O6. The van der Waals surface area contributed by atoms with Gasteiger partial charge in [0.1, 0.15) is 23.4 Å². The minimum Gasteiger partial charge on any atom is -0.387 e. The highest BCUT2D eigenvalue weighted by Crippen LogP contribution is 2.34. The summed E-state index contributed by atoms with van der Waals surface area (Å²) in [6.45, 7) is 0.804. The first kappa shape index (κ1) is 38.0. The van der Waals surface area contributed by atoms with Gasteiger partial charge in [0.25, 0.3) is 17.7 Å². The predicted octanol–water partition coefficient (Wildman–Crippen LogP) is 3.53. The van der Waals surface area contributed by atoms with Crippen molar-refractivity contribution in [1.82, 2.24) is 36.1 Å². The average molecular weight is 767 g/mol. The van der Waals surface area contributed by atoms with E-state index < -0.39 is 29.5 Å². The van der Waals surface area contributed by atoms with Crippen LogP contribution < -0.4 is 26.6 Å². The number of carbonyl (C=O) groups is 6. The third kappa shape index (κ3) is 8.18. The first-order valence-electron chi connectivity index (χ1n) is 18.6. The molecule has 2 aromatic carbocycles. The predicted molar refractivity (Wildman–Crippen MR) is 200 cm³/mol. The lowest BCUT2D eigenvalue weighted by Crippen LogP contribution is -2.52. The summed E-state index contributed by atoms with van der Waals surface area (Å²) in [5, 5.41) is 14.2. The molecule has 4 aromatic rings. The molecule has 1 saturated carbocycles. The zero-order valence-corrected chi connectivity index (χ0v) is 30.6. The van der Waals surface area contributed by atoms with Gasteiger partial charge in [-0.25, -0.2) is 8.78 Å². The Morgan fingerprint density at radius 2 is 1.68 bits per heavy atom. The van der Waals surface area contributed by atoms with E-state index in [0.717, 1.165) is 24.5 Å². The van der Waals surface area contributed by atoms with Crippen molar-refractivity contribution in [2.45, 2.75) is 70.0 Å². The zero-order chi connectivity index (χ0) is 39.5. The molecule has 7 rings (SSSR count). The van der Waals surface area contributed by atoms with Crippen molar-refractivity contribution < 1.29 is 37.5 Å². The van der Waals surface area contributed by atoms with Crippen LogP contribution in [0.1, 0.15) is 87.3 Å². The lowest BCUT2D eigenvalue weighted by atomic mass is 9.99. The first-order chi connectivity index (χ1) is 27.0. The summed E-state index contributed by atoms with van der Waals surface area (Å²) in [7, 11) is 1.65. The van der Waals surface area contributed by atoms with E-state index >= 15 is 8.78 Å². The summed E-state index contributed by atoms with van der Waals surface area (Å²) < 4.78 is 30.5. The van der Waals surface area contributed by atoms with Crippen LogP contribution in [-0.4, -0.2) is 82.5 Å². The van der Waals surface area contributed by atoms with Crippen LogP contribution in [0.15, 0.2) is 48.8 Å². The summed E-state index contributed by atoms with van der Waals surface area (Å²) in [5.41, 5.74) is 2.91. The normalized spacial score (nSPS) is 16.4. The number of unbranched alkanes of at least 4 members (excludes halogenated alkanes) is 1. The van der Waals surface area contributed by atoms with E-state index in [2.05, 4.69) is 36.6 Å². The third-order valence-electron chi connectivity index (χ3n) is 10.2. The molecule has 1 unspecified atom stereocenters. The molecule has 0 spiro atoms. The fourth-order valence-electron chi connectivity index (χ4n) is 6.99. The number of nitrogens with zero attached hydrogens (tertiary/aromatic N) is 3. The van der Waals surface area contributed by atoms with Gasteiger partial charge in [-0.1, -0.05) is 12.1 Å². The van der Waals surface area contributed by atoms with Crippen LogP contribution in [-0.2, 0) is 27.3 Å². The molecule has 4 heterocycles. The van der Waals surface area contributed by atoms with Gasteiger partial charge in [-0.2, -0.15) is 0 Å². The topological polar surface area (TPSA) is 192 Å². The number of carbonyl (C=O) groups excluding carboxylic acids is 6. The van der Waals surface area contributed by atoms with Gasteiger partial charge in [0.05, 0.1) is 22.3 Å². The summed E-state index contributed by atoms with van der Waals surface area (Å²) in [6, 6.07) is 7.81. The maximum atomic E-state index is 15.3. The highest BCUT2D eigenvalue weighted by atomic mass is 19.1. The zero-order valence-electron chi connectivity index (χ0n) is 30.6. The van der Waals surface area contributed by atoms with Gasteiger partial charge in [-0.3, -0.25) is 44.1 Å². The van der Waals surface area contributed by atoms with Crippen LogP contribution in [0.3, 0.4) is 0 Å². The molecule has 6 amide bonds. The van der Waals surface area contributed by atoms with Gasteiger partial charge in [0.15, 0.2) is 0 Å². The molecule has 1 saturated heterocycles. The van der Waals surface area contributed by atoms with Gasteiger partial charge in [-0.05, 0) is 67.9 Å². The molecule has 2 aliphatic heterocycles. The van der Waals surface area contributed by atoms with Crippen molar-refractivity contribution in [3.05, 3.63) is 88.4 Å². The fourth-order valence-corrected chi connectivity index (χ4v) is 6.99. The molecule has 0 radical (unpaired) electrons. The molecule has 14 nitrogen and oxygen atoms in total. The monoisotopic (exact) mass is 766 g/mol. The van der Waals surface area contributed by atoms with Crippen LogP contribution in [0, 0.1) is 11.6 Å². The second kappa shape index (κ2) is 16.2. The van der Waals surface area contributed by atoms with E-state index in [0.29, 0.717) is 53.5 Å². The van der Waals surface area contributed by atoms with Crippen molar-refractivity contribution in [2.75, 3.05) is 25.5 Å². The van der Waals surface area contributed by atoms with Gasteiger partial charge in [-0.15, -0.1) is 0 Å². The Bertz CT molecular complexity index is 2280. The van der Waals surface area contributed by atoms with Crippen molar-refractivity contribution in [2.24, 2.45) is 0 Å². The summed E-state index contributed by atoms with van der Waals surface area (Å²) in [6.07, 6.45) is 6.85. The quantitative estimate of drug-likeness (QED) is 0.0944. The molecule has 2 fully saturated rings. The Morgan fingerprint density at radius 1 is 0.893 bits per heavy atom. The smallest absolute Gasteiger partial charge is 0.273 e. The molecule has 1 atom stereocenters. The minimum absolute atomic E-state index is 0.0854. The van der Waals surface area contributed by atoms with E-state index in [-0.39, 0.29) is 84.4 Å². The maximum Gasteiger partial charge on any atom is 0.273 e. The largest absolute Gasteiger partial charge is 0.387 e. The molecule has 56 heavy (non-hydrogen) atoms.